The molecule has 1 amide bonds. The van der Waals surface area contributed by atoms with Crippen molar-refractivity contribution in [2.75, 3.05) is 5.32 Å². The summed E-state index contributed by atoms with van der Waals surface area (Å²) in [6, 6.07) is 22.4. The van der Waals surface area contributed by atoms with Gasteiger partial charge in [-0.25, -0.2) is 0 Å². The second-order valence-electron chi connectivity index (χ2n) is 5.79. The minimum Gasteiger partial charge on any atom is -0.457 e. The third-order valence-corrected chi connectivity index (χ3v) is 4.01. The molecule has 1 N–H and O–H groups in total. The van der Waals surface area contributed by atoms with E-state index in [1.165, 1.54) is 6.08 Å². The smallest absolute Gasteiger partial charge is 0.248 e. The van der Waals surface area contributed by atoms with Crippen LogP contribution in [0.5, 0.6) is 11.5 Å². The summed E-state index contributed by atoms with van der Waals surface area (Å²) < 4.78 is 5.80. The van der Waals surface area contributed by atoms with E-state index < -0.39 is 0 Å². The van der Waals surface area contributed by atoms with E-state index in [1.807, 2.05) is 61.5 Å². The van der Waals surface area contributed by atoms with Gasteiger partial charge in [-0.2, -0.15) is 0 Å². The SMILES string of the molecule is Cc1cccc(Oc2ccc(NC(=O)/C=C/c3ccccc3Cl)cc2)c1. The van der Waals surface area contributed by atoms with Crippen LogP contribution >= 0.6 is 11.6 Å². The first-order valence-electron chi connectivity index (χ1n) is 8.18. The lowest BCUT2D eigenvalue weighted by atomic mass is 10.2. The second kappa shape index (κ2) is 8.37. The number of anilines is 1. The molecule has 3 aromatic carbocycles. The third kappa shape index (κ3) is 4.98. The van der Waals surface area contributed by atoms with Crippen LogP contribution < -0.4 is 10.1 Å². The highest BCUT2D eigenvalue weighted by Gasteiger charge is 2.01. The molecule has 0 aliphatic rings. The Bertz CT molecular complexity index is 933. The Morgan fingerprint density at radius 2 is 1.73 bits per heavy atom. The van der Waals surface area contributed by atoms with Gasteiger partial charge in [-0.15, -0.1) is 0 Å². The molecule has 0 unspecified atom stereocenters. The molecule has 0 radical (unpaired) electrons. The van der Waals surface area contributed by atoms with Gasteiger partial charge in [0.1, 0.15) is 11.5 Å². The fraction of sp³-hybridized carbons (Fsp3) is 0.0455. The van der Waals surface area contributed by atoms with Gasteiger partial charge in [0.05, 0.1) is 0 Å². The highest BCUT2D eigenvalue weighted by atomic mass is 35.5. The summed E-state index contributed by atoms with van der Waals surface area (Å²) in [7, 11) is 0. The molecule has 0 atom stereocenters. The van der Waals surface area contributed by atoms with Gasteiger partial charge in [-0.1, -0.05) is 41.9 Å². The normalized spacial score (nSPS) is 10.7. The molecular formula is C22H18ClNO2. The number of hydrogen-bond acceptors (Lipinski definition) is 2. The summed E-state index contributed by atoms with van der Waals surface area (Å²) in [5.74, 6) is 1.27. The van der Waals surface area contributed by atoms with Crippen LogP contribution in [-0.2, 0) is 4.79 Å². The van der Waals surface area contributed by atoms with E-state index in [9.17, 15) is 4.79 Å². The van der Waals surface area contributed by atoms with Gasteiger partial charge in [-0.3, -0.25) is 4.79 Å². The predicted molar refractivity (Wildman–Crippen MR) is 107 cm³/mol. The minimum atomic E-state index is -0.225. The zero-order valence-electron chi connectivity index (χ0n) is 14.3. The zero-order valence-corrected chi connectivity index (χ0v) is 15.0. The number of hydrogen-bond donors (Lipinski definition) is 1. The Hall–Kier alpha value is -3.04. The maximum absolute atomic E-state index is 12.0. The molecule has 0 aromatic heterocycles. The fourth-order valence-corrected chi connectivity index (χ4v) is 2.58. The van der Waals surface area contributed by atoms with Gasteiger partial charge in [-0.05, 0) is 66.6 Å². The van der Waals surface area contributed by atoms with Crippen molar-refractivity contribution in [3.05, 3.63) is 95.0 Å². The summed E-state index contributed by atoms with van der Waals surface area (Å²) in [5.41, 5.74) is 2.62. The van der Waals surface area contributed by atoms with E-state index in [4.69, 9.17) is 16.3 Å². The molecule has 0 aliphatic heterocycles. The summed E-state index contributed by atoms with van der Waals surface area (Å²) >= 11 is 6.06. The molecule has 0 aliphatic carbocycles. The van der Waals surface area contributed by atoms with Crippen LogP contribution in [0.1, 0.15) is 11.1 Å². The molecule has 130 valence electrons. The first-order valence-corrected chi connectivity index (χ1v) is 8.56. The number of carbonyl (C=O) groups excluding carboxylic acids is 1. The largest absolute Gasteiger partial charge is 0.457 e. The topological polar surface area (TPSA) is 38.3 Å². The Kier molecular flexibility index (Phi) is 5.72. The quantitative estimate of drug-likeness (QED) is 0.557. The average Bonchev–Trinajstić information content (AvgIpc) is 2.63. The van der Waals surface area contributed by atoms with E-state index in [2.05, 4.69) is 5.32 Å². The molecule has 3 nitrogen and oxygen atoms in total. The van der Waals surface area contributed by atoms with Crippen LogP contribution in [-0.4, -0.2) is 5.91 Å². The lowest BCUT2D eigenvalue weighted by Gasteiger charge is -2.08. The lowest BCUT2D eigenvalue weighted by molar-refractivity contribution is -0.111. The van der Waals surface area contributed by atoms with Crippen molar-refractivity contribution in [3.8, 4) is 11.5 Å². The first-order chi connectivity index (χ1) is 12.6. The molecule has 0 heterocycles. The van der Waals surface area contributed by atoms with Crippen molar-refractivity contribution >= 4 is 29.3 Å². The van der Waals surface area contributed by atoms with Gasteiger partial charge in [0.15, 0.2) is 0 Å². The van der Waals surface area contributed by atoms with Crippen molar-refractivity contribution in [1.29, 1.82) is 0 Å². The maximum atomic E-state index is 12.0. The van der Waals surface area contributed by atoms with Crippen LogP contribution in [0.4, 0.5) is 5.69 Å². The Balaban J connectivity index is 1.60. The molecule has 3 rings (SSSR count). The summed E-state index contributed by atoms with van der Waals surface area (Å²) in [5, 5.41) is 3.41. The molecule has 26 heavy (non-hydrogen) atoms. The van der Waals surface area contributed by atoms with Crippen molar-refractivity contribution < 1.29 is 9.53 Å². The van der Waals surface area contributed by atoms with Crippen molar-refractivity contribution in [2.24, 2.45) is 0 Å². The standard InChI is InChI=1S/C22H18ClNO2/c1-16-5-4-7-20(15-16)26-19-12-10-18(11-13-19)24-22(25)14-9-17-6-2-3-8-21(17)23/h2-15H,1H3,(H,24,25)/b14-9+. The molecule has 0 saturated heterocycles. The van der Waals surface area contributed by atoms with Gasteiger partial charge < -0.3 is 10.1 Å². The molecule has 3 aromatic rings. The number of rotatable bonds is 5. The molecule has 0 saturated carbocycles. The summed E-state index contributed by atoms with van der Waals surface area (Å²) in [6.45, 7) is 2.02. The number of benzene rings is 3. The highest BCUT2D eigenvalue weighted by molar-refractivity contribution is 6.32. The van der Waals surface area contributed by atoms with Gasteiger partial charge in [0.2, 0.25) is 5.91 Å². The summed E-state index contributed by atoms with van der Waals surface area (Å²) in [4.78, 5) is 12.0. The summed E-state index contributed by atoms with van der Waals surface area (Å²) in [6.07, 6.45) is 3.14. The number of ether oxygens (including phenoxy) is 1. The number of amides is 1. The van der Waals surface area contributed by atoms with Crippen LogP contribution in [0.15, 0.2) is 78.9 Å². The predicted octanol–water partition coefficient (Wildman–Crippen LogP) is 6.09. The zero-order chi connectivity index (χ0) is 18.4. The Labute approximate surface area is 157 Å². The number of carbonyl (C=O) groups is 1. The molecule has 4 heteroatoms. The Morgan fingerprint density at radius 1 is 0.962 bits per heavy atom. The lowest BCUT2D eigenvalue weighted by Crippen LogP contribution is -2.07. The van der Waals surface area contributed by atoms with E-state index in [0.29, 0.717) is 16.5 Å². The van der Waals surface area contributed by atoms with Crippen molar-refractivity contribution in [2.45, 2.75) is 6.92 Å². The molecule has 0 bridgehead atoms. The van der Waals surface area contributed by atoms with Crippen LogP contribution in [0.2, 0.25) is 5.02 Å². The molecule has 0 fully saturated rings. The maximum Gasteiger partial charge on any atom is 0.248 e. The monoisotopic (exact) mass is 363 g/mol. The molecule has 0 spiro atoms. The van der Waals surface area contributed by atoms with E-state index in [1.54, 1.807) is 24.3 Å². The van der Waals surface area contributed by atoms with E-state index in [-0.39, 0.29) is 5.91 Å². The van der Waals surface area contributed by atoms with Gasteiger partial charge >= 0.3 is 0 Å². The first kappa shape index (κ1) is 17.8. The minimum absolute atomic E-state index is 0.225. The molecular weight excluding hydrogens is 346 g/mol. The Morgan fingerprint density at radius 3 is 2.46 bits per heavy atom. The number of aryl methyl sites for hydroxylation is 1. The van der Waals surface area contributed by atoms with Crippen LogP contribution in [0.3, 0.4) is 0 Å². The van der Waals surface area contributed by atoms with Crippen molar-refractivity contribution in [1.82, 2.24) is 0 Å². The average molecular weight is 364 g/mol. The van der Waals surface area contributed by atoms with E-state index >= 15 is 0 Å². The van der Waals surface area contributed by atoms with Gasteiger partial charge in [0.25, 0.3) is 0 Å². The van der Waals surface area contributed by atoms with Crippen LogP contribution in [0, 0.1) is 6.92 Å². The highest BCUT2D eigenvalue weighted by Crippen LogP contribution is 2.23. The fourth-order valence-electron chi connectivity index (χ4n) is 2.38. The third-order valence-electron chi connectivity index (χ3n) is 3.67. The van der Waals surface area contributed by atoms with Crippen LogP contribution in [0.25, 0.3) is 6.08 Å². The number of halogens is 1. The second-order valence-corrected chi connectivity index (χ2v) is 6.19. The van der Waals surface area contributed by atoms with E-state index in [0.717, 1.165) is 16.9 Å². The van der Waals surface area contributed by atoms with Crippen molar-refractivity contribution in [3.63, 3.8) is 0 Å². The van der Waals surface area contributed by atoms with Gasteiger partial charge in [0, 0.05) is 16.8 Å². The number of nitrogens with one attached hydrogen (secondary N) is 1.